The largest absolute Gasteiger partial charge is 0.312 e. The summed E-state index contributed by atoms with van der Waals surface area (Å²) in [6.07, 6.45) is 4.14. The van der Waals surface area contributed by atoms with Gasteiger partial charge in [0.2, 0.25) is 0 Å². The lowest BCUT2D eigenvalue weighted by atomic mass is 10.2. The van der Waals surface area contributed by atoms with Gasteiger partial charge in [-0.3, -0.25) is 0 Å². The molecule has 1 aliphatic rings. The van der Waals surface area contributed by atoms with E-state index in [0.29, 0.717) is 6.04 Å². The van der Waals surface area contributed by atoms with Gasteiger partial charge in [0.05, 0.1) is 12.6 Å². The minimum atomic E-state index is 0.347. The van der Waals surface area contributed by atoms with E-state index < -0.39 is 0 Å². The van der Waals surface area contributed by atoms with Crippen LogP contribution in [0.5, 0.6) is 0 Å². The summed E-state index contributed by atoms with van der Waals surface area (Å²) in [7, 11) is 0. The second kappa shape index (κ2) is 5.08. The highest BCUT2D eigenvalue weighted by molar-refractivity contribution is 6.30. The van der Waals surface area contributed by atoms with Crippen molar-refractivity contribution in [2.45, 2.75) is 25.4 Å². The Morgan fingerprint density at radius 3 is 2.89 bits per heavy atom. The Morgan fingerprint density at radius 1 is 1.33 bits per heavy atom. The predicted octanol–water partition coefficient (Wildman–Crippen LogP) is 2.40. The average Bonchev–Trinajstić information content (AvgIpc) is 3.02. The van der Waals surface area contributed by atoms with E-state index in [-0.39, 0.29) is 0 Å². The number of rotatable bonds is 3. The molecule has 5 heteroatoms. The number of nitrogens with one attached hydrogen (secondary N) is 1. The van der Waals surface area contributed by atoms with Gasteiger partial charge < -0.3 is 9.88 Å². The third kappa shape index (κ3) is 2.40. The zero-order valence-corrected chi connectivity index (χ0v) is 10.8. The van der Waals surface area contributed by atoms with Gasteiger partial charge in [-0.15, -0.1) is 10.2 Å². The van der Waals surface area contributed by atoms with E-state index >= 15 is 0 Å². The van der Waals surface area contributed by atoms with Crippen molar-refractivity contribution in [3.63, 3.8) is 0 Å². The number of aromatic nitrogens is 3. The van der Waals surface area contributed by atoms with Crippen LogP contribution in [-0.4, -0.2) is 21.3 Å². The van der Waals surface area contributed by atoms with Crippen molar-refractivity contribution in [1.82, 2.24) is 20.1 Å². The van der Waals surface area contributed by atoms with Crippen LogP contribution in [0.25, 0.3) is 0 Å². The van der Waals surface area contributed by atoms with Crippen LogP contribution in [0.1, 0.15) is 30.3 Å². The van der Waals surface area contributed by atoms with Crippen LogP contribution in [0.4, 0.5) is 0 Å². The van der Waals surface area contributed by atoms with Gasteiger partial charge >= 0.3 is 0 Å². The highest BCUT2D eigenvalue weighted by Crippen LogP contribution is 2.21. The summed E-state index contributed by atoms with van der Waals surface area (Å²) in [5, 5.41) is 12.5. The van der Waals surface area contributed by atoms with E-state index in [0.717, 1.165) is 30.4 Å². The summed E-state index contributed by atoms with van der Waals surface area (Å²) >= 11 is 5.89. The fourth-order valence-corrected chi connectivity index (χ4v) is 2.47. The van der Waals surface area contributed by atoms with Crippen molar-refractivity contribution in [3.8, 4) is 0 Å². The van der Waals surface area contributed by atoms with E-state index in [9.17, 15) is 0 Å². The molecule has 1 atom stereocenters. The Morgan fingerprint density at radius 2 is 2.17 bits per heavy atom. The van der Waals surface area contributed by atoms with Crippen LogP contribution >= 0.6 is 11.6 Å². The highest BCUT2D eigenvalue weighted by atomic mass is 35.5. The maximum atomic E-state index is 5.89. The molecular weight excluding hydrogens is 248 g/mol. The van der Waals surface area contributed by atoms with Gasteiger partial charge in [0.25, 0.3) is 0 Å². The second-order valence-corrected chi connectivity index (χ2v) is 5.03. The second-order valence-electron chi connectivity index (χ2n) is 4.59. The van der Waals surface area contributed by atoms with Gasteiger partial charge in [-0.05, 0) is 37.1 Å². The summed E-state index contributed by atoms with van der Waals surface area (Å²) in [4.78, 5) is 0. The van der Waals surface area contributed by atoms with Gasteiger partial charge in [0, 0.05) is 5.02 Å². The van der Waals surface area contributed by atoms with Crippen LogP contribution in [0.2, 0.25) is 5.02 Å². The topological polar surface area (TPSA) is 42.7 Å². The van der Waals surface area contributed by atoms with Crippen LogP contribution in [0.3, 0.4) is 0 Å². The Hall–Kier alpha value is -1.39. The highest BCUT2D eigenvalue weighted by Gasteiger charge is 2.21. The molecule has 1 fully saturated rings. The molecule has 1 unspecified atom stereocenters. The maximum absolute atomic E-state index is 5.89. The lowest BCUT2D eigenvalue weighted by Crippen LogP contribution is -2.18. The summed E-state index contributed by atoms with van der Waals surface area (Å²) in [5.74, 6) is 1.03. The molecule has 0 amide bonds. The third-order valence-electron chi connectivity index (χ3n) is 3.28. The van der Waals surface area contributed by atoms with Crippen molar-refractivity contribution in [2.75, 3.05) is 6.54 Å². The van der Waals surface area contributed by atoms with E-state index in [2.05, 4.69) is 20.1 Å². The minimum Gasteiger partial charge on any atom is -0.312 e. The molecule has 4 nitrogen and oxygen atoms in total. The smallest absolute Gasteiger partial charge is 0.150 e. The number of nitrogens with zero attached hydrogens (tertiary/aromatic N) is 3. The quantitative estimate of drug-likeness (QED) is 0.924. The monoisotopic (exact) mass is 262 g/mol. The Kier molecular flexibility index (Phi) is 3.30. The van der Waals surface area contributed by atoms with E-state index in [1.165, 1.54) is 12.0 Å². The SMILES string of the molecule is Clc1ccc(Cn2cnnc2C2CCCN2)cc1. The molecule has 0 spiro atoms. The summed E-state index contributed by atoms with van der Waals surface area (Å²) in [5.41, 5.74) is 1.21. The van der Waals surface area contributed by atoms with Crippen LogP contribution in [-0.2, 0) is 6.54 Å². The predicted molar refractivity (Wildman–Crippen MR) is 70.6 cm³/mol. The van der Waals surface area contributed by atoms with Crippen molar-refractivity contribution < 1.29 is 0 Å². The number of halogens is 1. The molecule has 3 rings (SSSR count). The molecule has 2 heterocycles. The fourth-order valence-electron chi connectivity index (χ4n) is 2.35. The molecule has 1 N–H and O–H groups in total. The van der Waals surface area contributed by atoms with Crippen molar-refractivity contribution in [3.05, 3.63) is 47.0 Å². The van der Waals surface area contributed by atoms with Gasteiger partial charge in [-0.1, -0.05) is 23.7 Å². The first kappa shape index (κ1) is 11.7. The molecule has 18 heavy (non-hydrogen) atoms. The zero-order valence-electron chi connectivity index (χ0n) is 10.0. The maximum Gasteiger partial charge on any atom is 0.150 e. The van der Waals surface area contributed by atoms with Gasteiger partial charge in [0.15, 0.2) is 0 Å². The fraction of sp³-hybridized carbons (Fsp3) is 0.385. The van der Waals surface area contributed by atoms with Crippen LogP contribution in [0.15, 0.2) is 30.6 Å². The molecule has 1 aromatic carbocycles. The lowest BCUT2D eigenvalue weighted by Gasteiger charge is -2.12. The lowest BCUT2D eigenvalue weighted by molar-refractivity contribution is 0.564. The molecule has 0 radical (unpaired) electrons. The van der Waals surface area contributed by atoms with Gasteiger partial charge in [0.1, 0.15) is 12.2 Å². The molecule has 0 aliphatic carbocycles. The molecule has 0 bridgehead atoms. The standard InChI is InChI=1S/C13H15ClN4/c14-11-5-3-10(4-6-11)8-18-9-16-17-13(18)12-2-1-7-15-12/h3-6,9,12,15H,1-2,7-8H2. The van der Waals surface area contributed by atoms with E-state index in [1.807, 2.05) is 24.3 Å². The van der Waals surface area contributed by atoms with Crippen LogP contribution < -0.4 is 5.32 Å². The molecule has 1 aliphatic heterocycles. The third-order valence-corrected chi connectivity index (χ3v) is 3.54. The first-order valence-corrected chi connectivity index (χ1v) is 6.56. The summed E-state index contributed by atoms with van der Waals surface area (Å²) in [6.45, 7) is 1.86. The van der Waals surface area contributed by atoms with Gasteiger partial charge in [-0.2, -0.15) is 0 Å². The van der Waals surface area contributed by atoms with Crippen molar-refractivity contribution in [1.29, 1.82) is 0 Å². The van der Waals surface area contributed by atoms with E-state index in [1.54, 1.807) is 6.33 Å². The first-order valence-electron chi connectivity index (χ1n) is 6.18. The molecule has 2 aromatic rings. The Labute approximate surface area is 111 Å². The van der Waals surface area contributed by atoms with Gasteiger partial charge in [-0.25, -0.2) is 0 Å². The van der Waals surface area contributed by atoms with E-state index in [4.69, 9.17) is 11.6 Å². The average molecular weight is 263 g/mol. The van der Waals surface area contributed by atoms with Crippen LogP contribution in [0, 0.1) is 0 Å². The molecule has 1 aromatic heterocycles. The minimum absolute atomic E-state index is 0.347. The summed E-state index contributed by atoms with van der Waals surface area (Å²) in [6, 6.07) is 8.24. The number of hydrogen-bond acceptors (Lipinski definition) is 3. The van der Waals surface area contributed by atoms with Crippen molar-refractivity contribution in [2.24, 2.45) is 0 Å². The molecule has 0 saturated carbocycles. The Bertz CT molecular complexity index is 514. The zero-order chi connectivity index (χ0) is 12.4. The molecule has 94 valence electrons. The summed E-state index contributed by atoms with van der Waals surface area (Å²) < 4.78 is 2.10. The molecular formula is C13H15ClN4. The number of benzene rings is 1. The normalized spacial score (nSPS) is 19.3. The van der Waals surface area contributed by atoms with Crippen molar-refractivity contribution >= 4 is 11.6 Å². The first-order chi connectivity index (χ1) is 8.83. The number of hydrogen-bond donors (Lipinski definition) is 1. The molecule has 1 saturated heterocycles. The Balaban J connectivity index is 1.80.